The highest BCUT2D eigenvalue weighted by atomic mass is 79.9. The third-order valence-electron chi connectivity index (χ3n) is 1.78. The van der Waals surface area contributed by atoms with Gasteiger partial charge in [-0.3, -0.25) is 4.98 Å². The Morgan fingerprint density at radius 1 is 1.23 bits per heavy atom. The van der Waals surface area contributed by atoms with Gasteiger partial charge in [0.2, 0.25) is 0 Å². The van der Waals surface area contributed by atoms with E-state index in [-0.39, 0.29) is 0 Å². The lowest BCUT2D eigenvalue weighted by Crippen LogP contribution is -1.83. The molecule has 0 aliphatic carbocycles. The fourth-order valence-corrected chi connectivity index (χ4v) is 2.03. The van der Waals surface area contributed by atoms with E-state index < -0.39 is 0 Å². The molecule has 0 amide bonds. The molecule has 0 radical (unpaired) electrons. The molecule has 0 spiro atoms. The van der Waals surface area contributed by atoms with Gasteiger partial charge in [0.15, 0.2) is 0 Å². The van der Waals surface area contributed by atoms with Crippen LogP contribution < -0.4 is 0 Å². The number of nitrogens with zero attached hydrogens (tertiary/aromatic N) is 1. The van der Waals surface area contributed by atoms with E-state index in [1.54, 1.807) is 11.3 Å². The smallest absolute Gasteiger partial charge is 0.0794 e. The van der Waals surface area contributed by atoms with Crippen LogP contribution in [0.15, 0.2) is 40.4 Å². The van der Waals surface area contributed by atoms with Gasteiger partial charge in [-0.05, 0) is 17.7 Å². The maximum Gasteiger partial charge on any atom is 0.0794 e. The molecule has 2 rings (SSSR count). The Bertz CT molecular complexity index is 366. The Kier molecular flexibility index (Phi) is 2.76. The van der Waals surface area contributed by atoms with E-state index >= 15 is 0 Å². The van der Waals surface area contributed by atoms with Gasteiger partial charge in [0.1, 0.15) is 0 Å². The minimum atomic E-state index is 0.984. The SMILES string of the molecule is Brc1ccc(Cc2cncs2)cc1. The molecule has 0 saturated carbocycles. The number of thiazole rings is 1. The lowest BCUT2D eigenvalue weighted by Gasteiger charge is -1.97. The first-order chi connectivity index (χ1) is 6.34. The Morgan fingerprint density at radius 3 is 2.62 bits per heavy atom. The molecule has 0 fully saturated rings. The second kappa shape index (κ2) is 4.03. The summed E-state index contributed by atoms with van der Waals surface area (Å²) in [7, 11) is 0. The molecule has 0 unspecified atom stereocenters. The van der Waals surface area contributed by atoms with E-state index in [1.165, 1.54) is 10.4 Å². The topological polar surface area (TPSA) is 12.9 Å². The monoisotopic (exact) mass is 253 g/mol. The van der Waals surface area contributed by atoms with Crippen molar-refractivity contribution in [3.8, 4) is 0 Å². The summed E-state index contributed by atoms with van der Waals surface area (Å²) in [6.07, 6.45) is 2.91. The molecule has 66 valence electrons. The summed E-state index contributed by atoms with van der Waals surface area (Å²) in [4.78, 5) is 5.35. The molecule has 0 aliphatic heterocycles. The highest BCUT2D eigenvalue weighted by Gasteiger charge is 1.96. The van der Waals surface area contributed by atoms with Crippen LogP contribution in [0.2, 0.25) is 0 Å². The first-order valence-electron chi connectivity index (χ1n) is 3.96. The van der Waals surface area contributed by atoms with E-state index in [4.69, 9.17) is 0 Å². The van der Waals surface area contributed by atoms with Crippen molar-refractivity contribution in [2.24, 2.45) is 0 Å². The Morgan fingerprint density at radius 2 is 2.00 bits per heavy atom. The quantitative estimate of drug-likeness (QED) is 0.799. The zero-order chi connectivity index (χ0) is 9.10. The highest BCUT2D eigenvalue weighted by Crippen LogP contribution is 2.15. The number of hydrogen-bond donors (Lipinski definition) is 0. The van der Waals surface area contributed by atoms with E-state index in [2.05, 4.69) is 45.2 Å². The van der Waals surface area contributed by atoms with Crippen molar-refractivity contribution < 1.29 is 0 Å². The molecule has 1 nitrogen and oxygen atoms in total. The lowest BCUT2D eigenvalue weighted by molar-refractivity contribution is 1.21. The molecule has 1 aromatic carbocycles. The molecule has 1 aromatic heterocycles. The number of halogens is 1. The minimum absolute atomic E-state index is 0.984. The summed E-state index contributed by atoms with van der Waals surface area (Å²) in [5.74, 6) is 0. The number of rotatable bonds is 2. The first kappa shape index (κ1) is 8.91. The molecule has 0 atom stereocenters. The van der Waals surface area contributed by atoms with Crippen molar-refractivity contribution in [1.29, 1.82) is 0 Å². The standard InChI is InChI=1S/C10H8BrNS/c11-9-3-1-8(2-4-9)5-10-6-12-7-13-10/h1-4,6-7H,5H2. The molecular weight excluding hydrogens is 246 g/mol. The third kappa shape index (κ3) is 2.39. The molecule has 0 saturated heterocycles. The molecule has 3 heteroatoms. The number of hydrogen-bond acceptors (Lipinski definition) is 2. The van der Waals surface area contributed by atoms with Crippen LogP contribution in [0, 0.1) is 0 Å². The highest BCUT2D eigenvalue weighted by molar-refractivity contribution is 9.10. The largest absolute Gasteiger partial charge is 0.253 e. The normalized spacial score (nSPS) is 10.2. The van der Waals surface area contributed by atoms with Crippen molar-refractivity contribution in [2.45, 2.75) is 6.42 Å². The van der Waals surface area contributed by atoms with Gasteiger partial charge in [-0.15, -0.1) is 11.3 Å². The van der Waals surface area contributed by atoms with Crippen LogP contribution in [0.3, 0.4) is 0 Å². The van der Waals surface area contributed by atoms with Crippen molar-refractivity contribution in [2.75, 3.05) is 0 Å². The molecule has 0 bridgehead atoms. The van der Waals surface area contributed by atoms with Crippen molar-refractivity contribution in [3.63, 3.8) is 0 Å². The van der Waals surface area contributed by atoms with Crippen LogP contribution in [0.25, 0.3) is 0 Å². The first-order valence-corrected chi connectivity index (χ1v) is 5.64. The van der Waals surface area contributed by atoms with Crippen LogP contribution in [0.4, 0.5) is 0 Å². The zero-order valence-electron chi connectivity index (χ0n) is 6.90. The average molecular weight is 254 g/mol. The second-order valence-corrected chi connectivity index (χ2v) is 4.66. The number of aromatic nitrogens is 1. The van der Waals surface area contributed by atoms with Crippen LogP contribution in [0.1, 0.15) is 10.4 Å². The van der Waals surface area contributed by atoms with Crippen molar-refractivity contribution in [3.05, 3.63) is 50.9 Å². The van der Waals surface area contributed by atoms with Crippen LogP contribution in [0.5, 0.6) is 0 Å². The maximum absolute atomic E-state index is 4.05. The molecule has 0 N–H and O–H groups in total. The fourth-order valence-electron chi connectivity index (χ4n) is 1.13. The Hall–Kier alpha value is -0.670. The van der Waals surface area contributed by atoms with E-state index in [0.29, 0.717) is 0 Å². The molecular formula is C10H8BrNS. The zero-order valence-corrected chi connectivity index (χ0v) is 9.31. The summed E-state index contributed by atoms with van der Waals surface area (Å²) in [6.45, 7) is 0. The van der Waals surface area contributed by atoms with Gasteiger partial charge in [0, 0.05) is 22.0 Å². The molecule has 0 aliphatic rings. The summed E-state index contributed by atoms with van der Waals surface area (Å²) in [5.41, 5.74) is 3.20. The fraction of sp³-hybridized carbons (Fsp3) is 0.100. The van der Waals surface area contributed by atoms with Crippen LogP contribution in [-0.4, -0.2) is 4.98 Å². The van der Waals surface area contributed by atoms with Crippen LogP contribution in [-0.2, 0) is 6.42 Å². The van der Waals surface area contributed by atoms with E-state index in [0.717, 1.165) is 10.9 Å². The van der Waals surface area contributed by atoms with Crippen molar-refractivity contribution in [1.82, 2.24) is 4.98 Å². The average Bonchev–Trinajstić information content (AvgIpc) is 2.62. The summed E-state index contributed by atoms with van der Waals surface area (Å²) in [5, 5.41) is 0. The van der Waals surface area contributed by atoms with E-state index in [1.807, 2.05) is 11.7 Å². The molecule has 2 aromatic rings. The predicted octanol–water partition coefficient (Wildman–Crippen LogP) is 3.50. The van der Waals surface area contributed by atoms with Gasteiger partial charge >= 0.3 is 0 Å². The maximum atomic E-state index is 4.05. The second-order valence-electron chi connectivity index (χ2n) is 2.77. The predicted molar refractivity (Wildman–Crippen MR) is 59.1 cm³/mol. The van der Waals surface area contributed by atoms with Gasteiger partial charge < -0.3 is 0 Å². The summed E-state index contributed by atoms with van der Waals surface area (Å²) in [6, 6.07) is 8.39. The summed E-state index contributed by atoms with van der Waals surface area (Å²) < 4.78 is 1.13. The molecule has 13 heavy (non-hydrogen) atoms. The third-order valence-corrected chi connectivity index (χ3v) is 3.08. The van der Waals surface area contributed by atoms with Gasteiger partial charge in [-0.1, -0.05) is 28.1 Å². The summed E-state index contributed by atoms with van der Waals surface area (Å²) >= 11 is 5.11. The van der Waals surface area contributed by atoms with Gasteiger partial charge in [0.25, 0.3) is 0 Å². The lowest BCUT2D eigenvalue weighted by atomic mass is 10.1. The Balaban J connectivity index is 2.15. The van der Waals surface area contributed by atoms with Gasteiger partial charge in [-0.2, -0.15) is 0 Å². The minimum Gasteiger partial charge on any atom is -0.253 e. The van der Waals surface area contributed by atoms with Gasteiger partial charge in [0.05, 0.1) is 5.51 Å². The number of benzene rings is 1. The molecule has 1 heterocycles. The van der Waals surface area contributed by atoms with Crippen molar-refractivity contribution >= 4 is 27.3 Å². The van der Waals surface area contributed by atoms with Crippen LogP contribution >= 0.6 is 27.3 Å². The van der Waals surface area contributed by atoms with E-state index in [9.17, 15) is 0 Å². The van der Waals surface area contributed by atoms with Gasteiger partial charge in [-0.25, -0.2) is 0 Å². The Labute approximate surface area is 89.6 Å².